The summed E-state index contributed by atoms with van der Waals surface area (Å²) in [6.45, 7) is 1.89. The minimum Gasteiger partial charge on any atom is -0.481 e. The van der Waals surface area contributed by atoms with E-state index in [0.717, 1.165) is 22.5 Å². The van der Waals surface area contributed by atoms with Crippen LogP contribution in [-0.4, -0.2) is 17.9 Å². The lowest BCUT2D eigenvalue weighted by atomic mass is 10.1. The average molecular weight is 542 g/mol. The van der Waals surface area contributed by atoms with Gasteiger partial charge >= 0.3 is 0 Å². The van der Waals surface area contributed by atoms with E-state index < -0.39 is 6.10 Å². The Kier molecular flexibility index (Phi) is 8.72. The van der Waals surface area contributed by atoms with Gasteiger partial charge in [-0.05, 0) is 78.2 Å². The van der Waals surface area contributed by atoms with E-state index in [1.807, 2.05) is 116 Å². The molecular weight excluding hydrogens is 510 g/mol. The molecule has 0 radical (unpaired) electrons. The zero-order valence-electron chi connectivity index (χ0n) is 22.7. The second-order valence-corrected chi connectivity index (χ2v) is 9.46. The molecule has 0 aliphatic heterocycles. The second kappa shape index (κ2) is 13.1. The van der Waals surface area contributed by atoms with Gasteiger partial charge in [0.1, 0.15) is 5.75 Å². The minimum atomic E-state index is -0.724. The fourth-order valence-electron chi connectivity index (χ4n) is 4.37. The number of hydrogen-bond donors (Lipinski definition) is 3. The SMILES string of the molecule is CCC(Oc1ccc(-c2ccccc2)cc1)C(=O)Nc1ccccc1C(=O)Nc1ccc(Nc2ccccc2)cc1. The van der Waals surface area contributed by atoms with Crippen molar-refractivity contribution in [1.29, 1.82) is 0 Å². The van der Waals surface area contributed by atoms with Crippen LogP contribution in [0, 0.1) is 0 Å². The Hall–Kier alpha value is -5.36. The molecule has 0 saturated carbocycles. The number of carbonyl (C=O) groups is 2. The zero-order chi connectivity index (χ0) is 28.4. The van der Waals surface area contributed by atoms with Gasteiger partial charge in [-0.3, -0.25) is 9.59 Å². The third kappa shape index (κ3) is 7.19. The molecule has 5 aromatic rings. The molecule has 0 bridgehead atoms. The lowest BCUT2D eigenvalue weighted by Gasteiger charge is -2.19. The molecule has 0 aliphatic rings. The van der Waals surface area contributed by atoms with Gasteiger partial charge in [-0.25, -0.2) is 0 Å². The van der Waals surface area contributed by atoms with E-state index in [-0.39, 0.29) is 11.8 Å². The molecule has 0 saturated heterocycles. The molecule has 0 aromatic heterocycles. The summed E-state index contributed by atoms with van der Waals surface area (Å²) < 4.78 is 6.02. The summed E-state index contributed by atoms with van der Waals surface area (Å²) in [5.74, 6) is -0.0470. The maximum absolute atomic E-state index is 13.2. The molecule has 5 rings (SSSR count). The van der Waals surface area contributed by atoms with Gasteiger partial charge in [0.15, 0.2) is 6.10 Å². The summed E-state index contributed by atoms with van der Waals surface area (Å²) in [7, 11) is 0. The largest absolute Gasteiger partial charge is 0.481 e. The lowest BCUT2D eigenvalue weighted by molar-refractivity contribution is -0.122. The zero-order valence-corrected chi connectivity index (χ0v) is 22.7. The highest BCUT2D eigenvalue weighted by Gasteiger charge is 2.21. The number of hydrogen-bond acceptors (Lipinski definition) is 4. The first-order valence-electron chi connectivity index (χ1n) is 13.5. The number of anilines is 4. The summed E-state index contributed by atoms with van der Waals surface area (Å²) in [6, 6.07) is 42.0. The maximum Gasteiger partial charge on any atom is 0.265 e. The van der Waals surface area contributed by atoms with Crippen molar-refractivity contribution in [2.24, 2.45) is 0 Å². The standard InChI is InChI=1S/C35H31N3O3/c1-2-33(41-30-23-17-26(18-24-30)25-11-5-3-6-12-25)35(40)38-32-16-10-9-15-31(32)34(39)37-29-21-19-28(20-22-29)36-27-13-7-4-8-14-27/h3-24,33,36H,2H2,1H3,(H,37,39)(H,38,40). The molecule has 0 aliphatic carbocycles. The van der Waals surface area contributed by atoms with Crippen LogP contribution >= 0.6 is 0 Å². The normalized spacial score (nSPS) is 11.2. The highest BCUT2D eigenvalue weighted by atomic mass is 16.5. The number of para-hydroxylation sites is 2. The van der Waals surface area contributed by atoms with Crippen molar-refractivity contribution in [2.75, 3.05) is 16.0 Å². The summed E-state index contributed by atoms with van der Waals surface area (Å²) in [4.78, 5) is 26.3. The van der Waals surface area contributed by atoms with Gasteiger partial charge in [0.2, 0.25) is 0 Å². The highest BCUT2D eigenvalue weighted by Crippen LogP contribution is 2.24. The molecule has 6 nitrogen and oxygen atoms in total. The van der Waals surface area contributed by atoms with Gasteiger partial charge in [-0.2, -0.15) is 0 Å². The van der Waals surface area contributed by atoms with Crippen LogP contribution in [0.1, 0.15) is 23.7 Å². The Morgan fingerprint density at radius 1 is 0.610 bits per heavy atom. The van der Waals surface area contributed by atoms with E-state index in [0.29, 0.717) is 29.1 Å². The van der Waals surface area contributed by atoms with Gasteiger partial charge in [0, 0.05) is 17.1 Å². The Balaban J connectivity index is 1.22. The molecule has 1 unspecified atom stereocenters. The number of carbonyl (C=O) groups excluding carboxylic acids is 2. The molecule has 2 amide bonds. The first kappa shape index (κ1) is 27.2. The maximum atomic E-state index is 13.2. The van der Waals surface area contributed by atoms with E-state index in [2.05, 4.69) is 16.0 Å². The Morgan fingerprint density at radius 2 is 1.17 bits per heavy atom. The number of nitrogens with one attached hydrogen (secondary N) is 3. The van der Waals surface area contributed by atoms with Crippen molar-refractivity contribution >= 4 is 34.6 Å². The van der Waals surface area contributed by atoms with Gasteiger partial charge in [0.05, 0.1) is 11.3 Å². The van der Waals surface area contributed by atoms with Crippen LogP contribution in [0.3, 0.4) is 0 Å². The van der Waals surface area contributed by atoms with Crippen LogP contribution in [0.15, 0.2) is 133 Å². The summed E-state index contributed by atoms with van der Waals surface area (Å²) in [6.07, 6.45) is -0.261. The lowest BCUT2D eigenvalue weighted by Crippen LogP contribution is -2.33. The van der Waals surface area contributed by atoms with E-state index >= 15 is 0 Å². The summed E-state index contributed by atoms with van der Waals surface area (Å²) in [5.41, 5.74) is 5.47. The van der Waals surface area contributed by atoms with Crippen LogP contribution in [0.25, 0.3) is 11.1 Å². The smallest absolute Gasteiger partial charge is 0.265 e. The predicted octanol–water partition coefficient (Wildman–Crippen LogP) is 8.15. The fraction of sp³-hybridized carbons (Fsp3) is 0.0857. The van der Waals surface area contributed by atoms with Crippen LogP contribution in [-0.2, 0) is 4.79 Å². The van der Waals surface area contributed by atoms with Crippen molar-refractivity contribution in [3.05, 3.63) is 139 Å². The Bertz CT molecular complexity index is 1590. The van der Waals surface area contributed by atoms with Crippen molar-refractivity contribution in [3.8, 4) is 16.9 Å². The number of ether oxygens (including phenoxy) is 1. The van der Waals surface area contributed by atoms with Crippen molar-refractivity contribution in [2.45, 2.75) is 19.4 Å². The first-order valence-corrected chi connectivity index (χ1v) is 13.5. The van der Waals surface area contributed by atoms with E-state index in [4.69, 9.17) is 4.74 Å². The van der Waals surface area contributed by atoms with Crippen LogP contribution in [0.5, 0.6) is 5.75 Å². The molecule has 6 heteroatoms. The van der Waals surface area contributed by atoms with Gasteiger partial charge in [-0.1, -0.05) is 79.7 Å². The van der Waals surface area contributed by atoms with Crippen molar-refractivity contribution in [1.82, 2.24) is 0 Å². The molecule has 5 aromatic carbocycles. The second-order valence-electron chi connectivity index (χ2n) is 9.46. The first-order chi connectivity index (χ1) is 20.1. The van der Waals surface area contributed by atoms with Crippen molar-refractivity contribution < 1.29 is 14.3 Å². The van der Waals surface area contributed by atoms with E-state index in [1.54, 1.807) is 24.3 Å². The number of rotatable bonds is 10. The fourth-order valence-corrected chi connectivity index (χ4v) is 4.37. The minimum absolute atomic E-state index is 0.323. The van der Waals surface area contributed by atoms with Crippen LogP contribution in [0.4, 0.5) is 22.7 Å². The third-order valence-electron chi connectivity index (χ3n) is 6.54. The number of benzene rings is 5. The van der Waals surface area contributed by atoms with Crippen molar-refractivity contribution in [3.63, 3.8) is 0 Å². The Labute approximate surface area is 240 Å². The molecule has 0 spiro atoms. The molecular formula is C35H31N3O3. The van der Waals surface area contributed by atoms with Gasteiger partial charge in [0.25, 0.3) is 11.8 Å². The molecule has 41 heavy (non-hydrogen) atoms. The highest BCUT2D eigenvalue weighted by molar-refractivity contribution is 6.10. The summed E-state index contributed by atoms with van der Waals surface area (Å²) >= 11 is 0. The summed E-state index contributed by atoms with van der Waals surface area (Å²) in [5, 5.41) is 9.12. The average Bonchev–Trinajstić information content (AvgIpc) is 3.02. The van der Waals surface area contributed by atoms with E-state index in [1.165, 1.54) is 0 Å². The topological polar surface area (TPSA) is 79.5 Å². The van der Waals surface area contributed by atoms with E-state index in [9.17, 15) is 9.59 Å². The van der Waals surface area contributed by atoms with Crippen LogP contribution in [0.2, 0.25) is 0 Å². The molecule has 0 heterocycles. The quantitative estimate of drug-likeness (QED) is 0.167. The Morgan fingerprint density at radius 3 is 1.85 bits per heavy atom. The molecule has 3 N–H and O–H groups in total. The monoisotopic (exact) mass is 541 g/mol. The van der Waals surface area contributed by atoms with Crippen LogP contribution < -0.4 is 20.7 Å². The molecule has 0 fully saturated rings. The third-order valence-corrected chi connectivity index (χ3v) is 6.54. The van der Waals surface area contributed by atoms with Gasteiger partial charge in [-0.15, -0.1) is 0 Å². The predicted molar refractivity (Wildman–Crippen MR) is 166 cm³/mol. The molecule has 204 valence electrons. The number of amides is 2. The molecule has 1 atom stereocenters. The van der Waals surface area contributed by atoms with Gasteiger partial charge < -0.3 is 20.7 Å².